The number of nitrogens with two attached hydrogens (primary N) is 2. The van der Waals surface area contributed by atoms with Gasteiger partial charge in [0.25, 0.3) is 0 Å². The minimum absolute atomic E-state index is 0.165. The maximum atomic E-state index is 12.8. The number of rotatable bonds is 7. The molecule has 0 saturated carbocycles. The van der Waals surface area contributed by atoms with E-state index >= 15 is 0 Å². The SMILES string of the molecule is CN1CCN(Cc2ccc(-c3ccc(CC(N)NC(=O)[C@]4(N)Cc5ccsc5C4)cc3)cc2)CC1. The molecule has 1 unspecified atom stereocenters. The first-order valence-corrected chi connectivity index (χ1v) is 13.3. The zero-order chi connectivity index (χ0) is 24.4. The second-order valence-corrected chi connectivity index (χ2v) is 11.1. The van der Waals surface area contributed by atoms with Gasteiger partial charge < -0.3 is 21.7 Å². The Bertz CT molecular complexity index is 1130. The van der Waals surface area contributed by atoms with Crippen molar-refractivity contribution in [1.29, 1.82) is 0 Å². The molecule has 6 nitrogen and oxygen atoms in total. The number of piperazine rings is 1. The molecule has 2 aromatic carbocycles. The molecule has 1 amide bonds. The summed E-state index contributed by atoms with van der Waals surface area (Å²) in [5, 5.41) is 4.99. The Morgan fingerprint density at radius 2 is 1.60 bits per heavy atom. The number of carbonyl (C=O) groups is 1. The Morgan fingerprint density at radius 3 is 2.23 bits per heavy atom. The van der Waals surface area contributed by atoms with Crippen molar-refractivity contribution >= 4 is 17.2 Å². The second-order valence-electron chi connectivity index (χ2n) is 10.1. The van der Waals surface area contributed by atoms with E-state index in [9.17, 15) is 4.79 Å². The van der Waals surface area contributed by atoms with Gasteiger partial charge in [-0.1, -0.05) is 48.5 Å². The number of carbonyl (C=O) groups excluding carboxylic acids is 1. The molecule has 3 aromatic rings. The molecular weight excluding hydrogens is 454 g/mol. The molecule has 5 N–H and O–H groups in total. The van der Waals surface area contributed by atoms with Gasteiger partial charge in [-0.05, 0) is 46.3 Å². The molecular formula is C28H35N5OS. The van der Waals surface area contributed by atoms with Gasteiger partial charge in [0.1, 0.15) is 5.54 Å². The number of nitrogens with one attached hydrogen (secondary N) is 1. The first-order chi connectivity index (χ1) is 16.9. The number of thiophene rings is 1. The van der Waals surface area contributed by atoms with Gasteiger partial charge in [0, 0.05) is 56.9 Å². The van der Waals surface area contributed by atoms with Gasteiger partial charge in [0.2, 0.25) is 5.91 Å². The van der Waals surface area contributed by atoms with Gasteiger partial charge >= 0.3 is 0 Å². The summed E-state index contributed by atoms with van der Waals surface area (Å²) in [6.45, 7) is 5.55. The highest BCUT2D eigenvalue weighted by Gasteiger charge is 2.41. The summed E-state index contributed by atoms with van der Waals surface area (Å²) >= 11 is 1.67. The maximum absolute atomic E-state index is 12.8. The number of hydrogen-bond donors (Lipinski definition) is 3. The molecule has 0 radical (unpaired) electrons. The Balaban J connectivity index is 1.13. The van der Waals surface area contributed by atoms with Crippen molar-refractivity contribution in [1.82, 2.24) is 15.1 Å². The monoisotopic (exact) mass is 489 g/mol. The third kappa shape index (κ3) is 5.66. The fraction of sp³-hybridized carbons (Fsp3) is 0.393. The first-order valence-electron chi connectivity index (χ1n) is 12.4. The second kappa shape index (κ2) is 10.2. The molecule has 2 aliphatic rings. The highest BCUT2D eigenvalue weighted by atomic mass is 32.1. The van der Waals surface area contributed by atoms with Crippen LogP contribution in [0.2, 0.25) is 0 Å². The van der Waals surface area contributed by atoms with E-state index in [4.69, 9.17) is 11.5 Å². The van der Waals surface area contributed by atoms with Crippen LogP contribution in [0.3, 0.4) is 0 Å². The van der Waals surface area contributed by atoms with E-state index in [2.05, 4.69) is 82.1 Å². The topological polar surface area (TPSA) is 87.6 Å². The van der Waals surface area contributed by atoms with Crippen molar-refractivity contribution in [3.05, 3.63) is 81.5 Å². The third-order valence-corrected chi connectivity index (χ3v) is 8.25. The van der Waals surface area contributed by atoms with Crippen LogP contribution in [0.25, 0.3) is 11.1 Å². The normalized spacial score (nSPS) is 21.6. The van der Waals surface area contributed by atoms with Gasteiger partial charge in [-0.3, -0.25) is 9.69 Å². The van der Waals surface area contributed by atoms with Crippen LogP contribution in [-0.2, 0) is 30.6 Å². The number of benzene rings is 2. The van der Waals surface area contributed by atoms with E-state index in [0.29, 0.717) is 19.3 Å². The van der Waals surface area contributed by atoms with Gasteiger partial charge in [0.05, 0.1) is 6.17 Å². The molecule has 7 heteroatoms. The van der Waals surface area contributed by atoms with E-state index in [1.807, 2.05) is 0 Å². The number of likely N-dealkylation sites (N-methyl/N-ethyl adjacent to an activating group) is 1. The van der Waals surface area contributed by atoms with Gasteiger partial charge in [-0.2, -0.15) is 0 Å². The summed E-state index contributed by atoms with van der Waals surface area (Å²) in [6.07, 6.45) is 1.25. The smallest absolute Gasteiger partial charge is 0.242 e. The highest BCUT2D eigenvalue weighted by molar-refractivity contribution is 7.10. The molecule has 0 spiro atoms. The first kappa shape index (κ1) is 24.2. The summed E-state index contributed by atoms with van der Waals surface area (Å²) in [4.78, 5) is 18.9. The molecule has 5 rings (SSSR count). The Morgan fingerprint density at radius 1 is 0.971 bits per heavy atom. The zero-order valence-corrected chi connectivity index (χ0v) is 21.2. The minimum Gasteiger partial charge on any atom is -0.339 e. The zero-order valence-electron chi connectivity index (χ0n) is 20.4. The fourth-order valence-electron chi connectivity index (χ4n) is 5.05. The number of hydrogen-bond acceptors (Lipinski definition) is 6. The van der Waals surface area contributed by atoms with Crippen LogP contribution in [0.1, 0.15) is 21.6 Å². The standard InChI is InChI=1S/C28H35N5OS/c1-32-11-13-33(14-12-32)19-21-4-8-23(9-5-21)22-6-2-20(3-7-22)16-26(29)31-27(34)28(30)17-24-10-15-35-25(24)18-28/h2-10,15,26H,11-14,16-19,29-30H2,1H3,(H,31,34)/t26?,28-/m0/s1. The Kier molecular flexibility index (Phi) is 7.05. The van der Waals surface area contributed by atoms with Crippen LogP contribution in [0.4, 0.5) is 0 Å². The Hall–Kier alpha value is -2.55. The summed E-state index contributed by atoms with van der Waals surface area (Å²) in [5.41, 5.74) is 17.8. The maximum Gasteiger partial charge on any atom is 0.242 e. The molecule has 2 heterocycles. The van der Waals surface area contributed by atoms with Crippen molar-refractivity contribution in [2.45, 2.75) is 37.5 Å². The molecule has 1 fully saturated rings. The lowest BCUT2D eigenvalue weighted by Gasteiger charge is -2.32. The summed E-state index contributed by atoms with van der Waals surface area (Å²) in [7, 11) is 2.19. The quantitative estimate of drug-likeness (QED) is 0.444. The molecule has 0 bridgehead atoms. The molecule has 1 aromatic heterocycles. The fourth-order valence-corrected chi connectivity index (χ4v) is 6.08. The third-order valence-electron chi connectivity index (χ3n) is 7.29. The van der Waals surface area contributed by atoms with Crippen LogP contribution in [-0.4, -0.2) is 60.6 Å². The van der Waals surface area contributed by atoms with E-state index < -0.39 is 11.7 Å². The molecule has 184 valence electrons. The molecule has 1 aliphatic carbocycles. The van der Waals surface area contributed by atoms with Gasteiger partial charge in [0.15, 0.2) is 0 Å². The van der Waals surface area contributed by atoms with Crippen molar-refractivity contribution < 1.29 is 4.79 Å². The summed E-state index contributed by atoms with van der Waals surface area (Å²) in [5.74, 6) is -0.165. The highest BCUT2D eigenvalue weighted by Crippen LogP contribution is 2.32. The van der Waals surface area contributed by atoms with Crippen LogP contribution in [0.15, 0.2) is 60.0 Å². The van der Waals surface area contributed by atoms with Crippen molar-refractivity contribution in [3.8, 4) is 11.1 Å². The number of amides is 1. The largest absolute Gasteiger partial charge is 0.339 e. The van der Waals surface area contributed by atoms with E-state index in [1.165, 1.54) is 27.1 Å². The molecule has 2 atom stereocenters. The van der Waals surface area contributed by atoms with Crippen molar-refractivity contribution in [3.63, 3.8) is 0 Å². The molecule has 1 aliphatic heterocycles. The van der Waals surface area contributed by atoms with Crippen LogP contribution in [0, 0.1) is 0 Å². The van der Waals surface area contributed by atoms with E-state index in [1.54, 1.807) is 11.3 Å². The van der Waals surface area contributed by atoms with E-state index in [0.717, 1.165) is 38.3 Å². The number of fused-ring (bicyclic) bond motifs is 1. The average Bonchev–Trinajstić information content (AvgIpc) is 3.41. The van der Waals surface area contributed by atoms with Crippen LogP contribution in [0.5, 0.6) is 0 Å². The lowest BCUT2D eigenvalue weighted by Crippen LogP contribution is -2.59. The van der Waals surface area contributed by atoms with Gasteiger partial charge in [-0.25, -0.2) is 0 Å². The minimum atomic E-state index is -0.888. The van der Waals surface area contributed by atoms with Crippen molar-refractivity contribution in [2.24, 2.45) is 11.5 Å². The van der Waals surface area contributed by atoms with Crippen LogP contribution >= 0.6 is 11.3 Å². The predicted molar refractivity (Wildman–Crippen MR) is 143 cm³/mol. The summed E-state index contributed by atoms with van der Waals surface area (Å²) in [6, 6.07) is 19.4. The number of nitrogens with zero attached hydrogens (tertiary/aromatic N) is 2. The molecule has 1 saturated heterocycles. The molecule has 35 heavy (non-hydrogen) atoms. The lowest BCUT2D eigenvalue weighted by molar-refractivity contribution is -0.126. The summed E-state index contributed by atoms with van der Waals surface area (Å²) < 4.78 is 0. The van der Waals surface area contributed by atoms with E-state index in [-0.39, 0.29) is 5.91 Å². The predicted octanol–water partition coefficient (Wildman–Crippen LogP) is 2.60. The van der Waals surface area contributed by atoms with Crippen molar-refractivity contribution in [2.75, 3.05) is 33.2 Å². The Labute approximate surface area is 211 Å². The average molecular weight is 490 g/mol. The van der Waals surface area contributed by atoms with Gasteiger partial charge in [-0.15, -0.1) is 11.3 Å². The lowest BCUT2D eigenvalue weighted by atomic mass is 9.96. The van der Waals surface area contributed by atoms with Crippen LogP contribution < -0.4 is 16.8 Å².